The molecular formula is C13H19N3O. The molecule has 2 aromatic rings. The van der Waals surface area contributed by atoms with Crippen LogP contribution in [0.3, 0.4) is 0 Å². The van der Waals surface area contributed by atoms with Gasteiger partial charge in [-0.3, -0.25) is 0 Å². The quantitative estimate of drug-likeness (QED) is 0.795. The van der Waals surface area contributed by atoms with Gasteiger partial charge in [-0.1, -0.05) is 6.92 Å². The van der Waals surface area contributed by atoms with Crippen molar-refractivity contribution >= 4 is 16.7 Å². The predicted octanol–water partition coefficient (Wildman–Crippen LogP) is 2.13. The number of aliphatic hydroxyl groups excluding tert-OH is 1. The Morgan fingerprint density at radius 1 is 1.47 bits per heavy atom. The van der Waals surface area contributed by atoms with Crippen molar-refractivity contribution in [2.24, 2.45) is 0 Å². The third-order valence-corrected chi connectivity index (χ3v) is 3.56. The first kappa shape index (κ1) is 11.9. The minimum absolute atomic E-state index is 0.0976. The van der Waals surface area contributed by atoms with Crippen molar-refractivity contribution in [3.8, 4) is 0 Å². The van der Waals surface area contributed by atoms with Crippen molar-refractivity contribution in [2.75, 3.05) is 12.3 Å². The zero-order chi connectivity index (χ0) is 12.5. The van der Waals surface area contributed by atoms with E-state index in [0.717, 1.165) is 29.6 Å². The Labute approximate surface area is 101 Å². The number of aliphatic hydroxyl groups is 1. The molecule has 1 atom stereocenters. The summed E-state index contributed by atoms with van der Waals surface area (Å²) in [4.78, 5) is 4.38. The summed E-state index contributed by atoms with van der Waals surface area (Å²) in [5.74, 6) is 0. The van der Waals surface area contributed by atoms with Crippen LogP contribution >= 0.6 is 0 Å². The molecular weight excluding hydrogens is 214 g/mol. The average molecular weight is 233 g/mol. The van der Waals surface area contributed by atoms with Gasteiger partial charge in [0.15, 0.2) is 0 Å². The van der Waals surface area contributed by atoms with E-state index in [9.17, 15) is 5.11 Å². The molecule has 0 spiro atoms. The molecule has 17 heavy (non-hydrogen) atoms. The summed E-state index contributed by atoms with van der Waals surface area (Å²) in [5, 5.41) is 9.19. The van der Waals surface area contributed by atoms with Gasteiger partial charge in [0.05, 0.1) is 17.4 Å². The van der Waals surface area contributed by atoms with E-state index in [-0.39, 0.29) is 12.1 Å². The summed E-state index contributed by atoms with van der Waals surface area (Å²) in [7, 11) is 0. The van der Waals surface area contributed by atoms with Crippen LogP contribution in [-0.2, 0) is 5.54 Å². The highest BCUT2D eigenvalue weighted by Crippen LogP contribution is 2.29. The summed E-state index contributed by atoms with van der Waals surface area (Å²) in [6.07, 6.45) is 3.51. The fourth-order valence-corrected chi connectivity index (χ4v) is 2.17. The van der Waals surface area contributed by atoms with E-state index in [2.05, 4.69) is 23.4 Å². The maximum atomic E-state index is 9.19. The molecule has 0 aliphatic carbocycles. The number of anilines is 1. The van der Waals surface area contributed by atoms with Crippen LogP contribution in [-0.4, -0.2) is 21.3 Å². The summed E-state index contributed by atoms with van der Waals surface area (Å²) < 4.78 is 2.14. The number of nitrogen functional groups attached to an aromatic ring is 1. The zero-order valence-corrected chi connectivity index (χ0v) is 10.3. The van der Waals surface area contributed by atoms with Gasteiger partial charge in [-0.15, -0.1) is 0 Å². The first-order valence-electron chi connectivity index (χ1n) is 5.94. The summed E-state index contributed by atoms with van der Waals surface area (Å²) >= 11 is 0. The van der Waals surface area contributed by atoms with Crippen molar-refractivity contribution in [3.63, 3.8) is 0 Å². The smallest absolute Gasteiger partial charge is 0.0963 e. The number of hydrogen-bond acceptors (Lipinski definition) is 3. The molecule has 4 heteroatoms. The van der Waals surface area contributed by atoms with Crippen molar-refractivity contribution in [2.45, 2.75) is 32.2 Å². The number of hydrogen-bond donors (Lipinski definition) is 2. The largest absolute Gasteiger partial charge is 0.399 e. The fraction of sp³-hybridized carbons (Fsp3) is 0.462. The molecule has 2 rings (SSSR count). The van der Waals surface area contributed by atoms with Gasteiger partial charge in [0.25, 0.3) is 0 Å². The van der Waals surface area contributed by atoms with Gasteiger partial charge in [-0.2, -0.15) is 0 Å². The number of benzene rings is 1. The summed E-state index contributed by atoms with van der Waals surface area (Å²) in [5.41, 5.74) is 8.34. The Morgan fingerprint density at radius 2 is 2.24 bits per heavy atom. The Kier molecular flexibility index (Phi) is 3.07. The molecule has 0 saturated carbocycles. The van der Waals surface area contributed by atoms with Crippen molar-refractivity contribution < 1.29 is 5.11 Å². The molecule has 0 aliphatic rings. The van der Waals surface area contributed by atoms with Crippen LogP contribution in [0.2, 0.25) is 0 Å². The molecule has 1 heterocycles. The van der Waals surface area contributed by atoms with Gasteiger partial charge in [-0.25, -0.2) is 4.98 Å². The van der Waals surface area contributed by atoms with Crippen molar-refractivity contribution in [3.05, 3.63) is 24.5 Å². The van der Waals surface area contributed by atoms with E-state index in [4.69, 9.17) is 5.73 Å². The van der Waals surface area contributed by atoms with E-state index >= 15 is 0 Å². The van der Waals surface area contributed by atoms with Gasteiger partial charge in [0.2, 0.25) is 0 Å². The molecule has 0 fully saturated rings. The molecule has 0 aliphatic heterocycles. The van der Waals surface area contributed by atoms with Gasteiger partial charge in [0, 0.05) is 17.8 Å². The van der Waals surface area contributed by atoms with Crippen LogP contribution in [0.4, 0.5) is 5.69 Å². The third kappa shape index (κ3) is 2.00. The van der Waals surface area contributed by atoms with Crippen LogP contribution in [0.25, 0.3) is 11.0 Å². The van der Waals surface area contributed by atoms with Gasteiger partial charge in [0.1, 0.15) is 0 Å². The monoisotopic (exact) mass is 233 g/mol. The zero-order valence-electron chi connectivity index (χ0n) is 10.3. The number of aromatic nitrogens is 2. The molecule has 92 valence electrons. The first-order chi connectivity index (χ1) is 8.10. The highest BCUT2D eigenvalue weighted by atomic mass is 16.3. The molecule has 1 aromatic carbocycles. The number of nitrogens with zero attached hydrogens (tertiary/aromatic N) is 2. The number of imidazole rings is 1. The van der Waals surface area contributed by atoms with Crippen LogP contribution in [0.5, 0.6) is 0 Å². The van der Waals surface area contributed by atoms with Crippen LogP contribution in [0.15, 0.2) is 24.5 Å². The van der Waals surface area contributed by atoms with Crippen LogP contribution in [0.1, 0.15) is 26.7 Å². The van der Waals surface area contributed by atoms with E-state index in [1.165, 1.54) is 0 Å². The Bertz CT molecular complexity index is 520. The number of fused-ring (bicyclic) bond motifs is 1. The number of nitrogens with two attached hydrogens (primary N) is 1. The van der Waals surface area contributed by atoms with E-state index in [0.29, 0.717) is 0 Å². The van der Waals surface area contributed by atoms with Gasteiger partial charge >= 0.3 is 0 Å². The second-order valence-electron chi connectivity index (χ2n) is 4.69. The van der Waals surface area contributed by atoms with E-state index in [1.807, 2.05) is 24.5 Å². The van der Waals surface area contributed by atoms with Crippen LogP contribution < -0.4 is 5.73 Å². The first-order valence-corrected chi connectivity index (χ1v) is 5.94. The maximum Gasteiger partial charge on any atom is 0.0963 e. The molecule has 1 aromatic heterocycles. The normalized spacial score (nSPS) is 15.0. The number of rotatable bonds is 4. The van der Waals surface area contributed by atoms with Crippen LogP contribution in [0, 0.1) is 0 Å². The lowest BCUT2D eigenvalue weighted by Gasteiger charge is -2.30. The summed E-state index contributed by atoms with van der Waals surface area (Å²) in [6.45, 7) is 4.44. The standard InChI is InChI=1S/C13H19N3O/c1-3-13(2,6-7-17)16-9-15-11-8-10(14)4-5-12(11)16/h4-5,8-9,17H,3,6-7,14H2,1-2H3. The van der Waals surface area contributed by atoms with Crippen molar-refractivity contribution in [1.82, 2.24) is 9.55 Å². The molecule has 1 unspecified atom stereocenters. The maximum absolute atomic E-state index is 9.19. The van der Waals surface area contributed by atoms with Crippen molar-refractivity contribution in [1.29, 1.82) is 0 Å². The minimum atomic E-state index is -0.0976. The second-order valence-corrected chi connectivity index (χ2v) is 4.69. The second kappa shape index (κ2) is 4.37. The lowest BCUT2D eigenvalue weighted by molar-refractivity contribution is 0.197. The Morgan fingerprint density at radius 3 is 2.88 bits per heavy atom. The highest BCUT2D eigenvalue weighted by molar-refractivity contribution is 5.79. The topological polar surface area (TPSA) is 64.1 Å². The van der Waals surface area contributed by atoms with Gasteiger partial charge < -0.3 is 15.4 Å². The average Bonchev–Trinajstić information content (AvgIpc) is 2.72. The molecule has 0 amide bonds. The lowest BCUT2D eigenvalue weighted by Crippen LogP contribution is -2.29. The fourth-order valence-electron chi connectivity index (χ4n) is 2.17. The molecule has 0 bridgehead atoms. The molecule has 0 saturated heterocycles. The Balaban J connectivity index is 2.54. The Hall–Kier alpha value is -1.55. The van der Waals surface area contributed by atoms with Gasteiger partial charge in [-0.05, 0) is 38.0 Å². The lowest BCUT2D eigenvalue weighted by atomic mass is 9.94. The molecule has 0 radical (unpaired) electrons. The molecule has 4 nitrogen and oxygen atoms in total. The summed E-state index contributed by atoms with van der Waals surface area (Å²) in [6, 6.07) is 5.75. The third-order valence-electron chi connectivity index (χ3n) is 3.56. The highest BCUT2D eigenvalue weighted by Gasteiger charge is 2.25. The minimum Gasteiger partial charge on any atom is -0.399 e. The molecule has 3 N–H and O–H groups in total. The van der Waals surface area contributed by atoms with E-state index in [1.54, 1.807) is 0 Å². The predicted molar refractivity (Wildman–Crippen MR) is 69.8 cm³/mol. The SMILES string of the molecule is CCC(C)(CCO)n1cnc2cc(N)ccc21. The van der Waals surface area contributed by atoms with E-state index < -0.39 is 0 Å².